The van der Waals surface area contributed by atoms with Gasteiger partial charge in [0, 0.05) is 23.6 Å². The zero-order chi connectivity index (χ0) is 13.5. The summed E-state index contributed by atoms with van der Waals surface area (Å²) in [6.07, 6.45) is 6.53. The van der Waals surface area contributed by atoms with Crippen molar-refractivity contribution in [2.24, 2.45) is 5.41 Å². The third-order valence-electron chi connectivity index (χ3n) is 3.55. The molecule has 0 aliphatic heterocycles. The summed E-state index contributed by atoms with van der Waals surface area (Å²) in [5, 5.41) is 20.5. The van der Waals surface area contributed by atoms with Crippen LogP contribution in [-0.2, 0) is 13.0 Å². The minimum atomic E-state index is 0.00987. The third-order valence-corrected chi connectivity index (χ3v) is 3.55. The lowest BCUT2D eigenvalue weighted by Gasteiger charge is -2.30. The Kier molecular flexibility index (Phi) is 3.01. The van der Waals surface area contributed by atoms with Crippen molar-refractivity contribution in [3.05, 3.63) is 35.9 Å². The van der Waals surface area contributed by atoms with Crippen LogP contribution in [0.1, 0.15) is 37.8 Å². The van der Waals surface area contributed by atoms with Gasteiger partial charge < -0.3 is 10.2 Å². The van der Waals surface area contributed by atoms with E-state index in [4.69, 9.17) is 0 Å². The van der Waals surface area contributed by atoms with E-state index >= 15 is 0 Å². The number of hydrogen-bond donors (Lipinski definition) is 2. The second-order valence-corrected chi connectivity index (χ2v) is 5.91. The second-order valence-electron chi connectivity index (χ2n) is 5.91. The molecule has 1 aliphatic carbocycles. The number of fused-ring (bicyclic) bond motifs is 1. The maximum atomic E-state index is 10.3. The molecule has 0 saturated heterocycles. The van der Waals surface area contributed by atoms with E-state index in [1.165, 1.54) is 4.57 Å². The van der Waals surface area contributed by atoms with E-state index in [0.29, 0.717) is 13.0 Å². The number of nitrogens with zero attached hydrogens (tertiary/aromatic N) is 1. The molecule has 1 aromatic rings. The third kappa shape index (κ3) is 1.84. The number of allylic oxidation sites excluding steroid dienone is 3. The molecule has 1 heterocycles. The predicted octanol–water partition coefficient (Wildman–Crippen LogP) is 3.33. The molecular formula is C15H21NO2. The van der Waals surface area contributed by atoms with Crippen LogP contribution in [0.25, 0.3) is 0 Å². The van der Waals surface area contributed by atoms with Crippen LogP contribution >= 0.6 is 0 Å². The average molecular weight is 247 g/mol. The van der Waals surface area contributed by atoms with Crippen molar-refractivity contribution >= 4 is 0 Å². The average Bonchev–Trinajstić information content (AvgIpc) is 2.54. The summed E-state index contributed by atoms with van der Waals surface area (Å²) in [6.45, 7) is 10.5. The molecule has 0 radical (unpaired) electrons. The van der Waals surface area contributed by atoms with Gasteiger partial charge in [0.2, 0.25) is 0 Å². The summed E-state index contributed by atoms with van der Waals surface area (Å²) in [5.41, 5.74) is 1.72. The standard InChI is InChI=1S/C15H21NO2/c1-5-9-16-13(17)10-7-6-8-11(15(2,3)4)12(10)14(16)18/h5-6,8,11,17-18H,1,7,9H2,2-4H3. The van der Waals surface area contributed by atoms with Gasteiger partial charge in [0.05, 0.1) is 0 Å². The Morgan fingerprint density at radius 2 is 2.06 bits per heavy atom. The molecule has 0 aromatic carbocycles. The van der Waals surface area contributed by atoms with E-state index in [9.17, 15) is 10.2 Å². The van der Waals surface area contributed by atoms with Gasteiger partial charge >= 0.3 is 0 Å². The van der Waals surface area contributed by atoms with Gasteiger partial charge in [-0.2, -0.15) is 0 Å². The van der Waals surface area contributed by atoms with E-state index in [2.05, 4.69) is 39.5 Å². The molecule has 18 heavy (non-hydrogen) atoms. The summed E-state index contributed by atoms with van der Waals surface area (Å²) < 4.78 is 1.52. The zero-order valence-corrected chi connectivity index (χ0v) is 11.3. The lowest BCUT2D eigenvalue weighted by atomic mass is 9.73. The van der Waals surface area contributed by atoms with Gasteiger partial charge in [-0.1, -0.05) is 39.0 Å². The lowest BCUT2D eigenvalue weighted by Crippen LogP contribution is -2.19. The van der Waals surface area contributed by atoms with Gasteiger partial charge in [-0.3, -0.25) is 4.57 Å². The van der Waals surface area contributed by atoms with Gasteiger partial charge in [-0.05, 0) is 11.8 Å². The van der Waals surface area contributed by atoms with Gasteiger partial charge in [0.15, 0.2) is 11.8 Å². The first kappa shape index (κ1) is 12.8. The Morgan fingerprint density at radius 1 is 1.39 bits per heavy atom. The summed E-state index contributed by atoms with van der Waals surface area (Å²) in [4.78, 5) is 0. The summed E-state index contributed by atoms with van der Waals surface area (Å²) in [7, 11) is 0. The smallest absolute Gasteiger partial charge is 0.198 e. The van der Waals surface area contributed by atoms with Crippen LogP contribution in [-0.4, -0.2) is 14.8 Å². The Bertz CT molecular complexity index is 504. The van der Waals surface area contributed by atoms with Crippen LogP contribution in [0, 0.1) is 5.41 Å². The van der Waals surface area contributed by atoms with Crippen molar-refractivity contribution in [1.29, 1.82) is 0 Å². The molecule has 98 valence electrons. The molecule has 2 rings (SSSR count). The Hall–Kier alpha value is -1.64. The van der Waals surface area contributed by atoms with Crippen LogP contribution < -0.4 is 0 Å². The summed E-state index contributed by atoms with van der Waals surface area (Å²) >= 11 is 0. The largest absolute Gasteiger partial charge is 0.494 e. The first-order valence-electron chi connectivity index (χ1n) is 6.28. The van der Waals surface area contributed by atoms with Crippen LogP contribution in [0.15, 0.2) is 24.8 Å². The summed E-state index contributed by atoms with van der Waals surface area (Å²) in [6, 6.07) is 0. The molecule has 2 N–H and O–H groups in total. The maximum absolute atomic E-state index is 10.3. The highest BCUT2D eigenvalue weighted by atomic mass is 16.3. The fourth-order valence-electron chi connectivity index (χ4n) is 2.63. The molecule has 1 atom stereocenters. The maximum Gasteiger partial charge on any atom is 0.198 e. The van der Waals surface area contributed by atoms with Gasteiger partial charge in [-0.25, -0.2) is 0 Å². The molecule has 0 amide bonds. The zero-order valence-electron chi connectivity index (χ0n) is 11.3. The summed E-state index contributed by atoms with van der Waals surface area (Å²) in [5.74, 6) is 0.464. The van der Waals surface area contributed by atoms with E-state index in [0.717, 1.165) is 11.1 Å². The first-order valence-corrected chi connectivity index (χ1v) is 6.28. The van der Waals surface area contributed by atoms with Crippen LogP contribution in [0.5, 0.6) is 11.8 Å². The lowest BCUT2D eigenvalue weighted by molar-refractivity contribution is 0.343. The molecule has 3 nitrogen and oxygen atoms in total. The van der Waals surface area contributed by atoms with Crippen molar-refractivity contribution in [2.45, 2.75) is 39.7 Å². The molecular weight excluding hydrogens is 226 g/mol. The quantitative estimate of drug-likeness (QED) is 0.787. The highest BCUT2D eigenvalue weighted by molar-refractivity contribution is 5.52. The molecule has 3 heteroatoms. The van der Waals surface area contributed by atoms with Gasteiger partial charge in [-0.15, -0.1) is 6.58 Å². The molecule has 0 fully saturated rings. The highest BCUT2D eigenvalue weighted by Gasteiger charge is 2.34. The monoisotopic (exact) mass is 247 g/mol. The highest BCUT2D eigenvalue weighted by Crippen LogP contribution is 2.48. The second kappa shape index (κ2) is 4.23. The van der Waals surface area contributed by atoms with E-state index in [1.807, 2.05) is 0 Å². The van der Waals surface area contributed by atoms with Crippen molar-refractivity contribution in [3.8, 4) is 11.8 Å². The van der Waals surface area contributed by atoms with Crippen molar-refractivity contribution in [1.82, 2.24) is 4.57 Å². The molecule has 0 bridgehead atoms. The number of rotatable bonds is 2. The van der Waals surface area contributed by atoms with Crippen molar-refractivity contribution in [2.75, 3.05) is 0 Å². The minimum absolute atomic E-state index is 0.00987. The predicted molar refractivity (Wildman–Crippen MR) is 73.0 cm³/mol. The van der Waals surface area contributed by atoms with Crippen molar-refractivity contribution in [3.63, 3.8) is 0 Å². The number of aromatic nitrogens is 1. The Labute approximate surface area is 108 Å². The Morgan fingerprint density at radius 3 is 2.61 bits per heavy atom. The first-order chi connectivity index (χ1) is 8.38. The number of aromatic hydroxyl groups is 2. The topological polar surface area (TPSA) is 45.4 Å². The Balaban J connectivity index is 2.60. The molecule has 1 aliphatic rings. The van der Waals surface area contributed by atoms with E-state index in [1.54, 1.807) is 6.08 Å². The fourth-order valence-corrected chi connectivity index (χ4v) is 2.63. The van der Waals surface area contributed by atoms with Gasteiger partial charge in [0.1, 0.15) is 0 Å². The normalized spacial score (nSPS) is 18.7. The van der Waals surface area contributed by atoms with Crippen LogP contribution in [0.4, 0.5) is 0 Å². The SMILES string of the molecule is C=CCn1c(O)c2c(c1O)C(C(C)(C)C)C=CC2. The van der Waals surface area contributed by atoms with E-state index < -0.39 is 0 Å². The molecule has 1 unspecified atom stereocenters. The fraction of sp³-hybridized carbons (Fsp3) is 0.467. The van der Waals surface area contributed by atoms with Gasteiger partial charge in [0.25, 0.3) is 0 Å². The minimum Gasteiger partial charge on any atom is -0.494 e. The van der Waals surface area contributed by atoms with E-state index in [-0.39, 0.29) is 23.1 Å². The van der Waals surface area contributed by atoms with Crippen molar-refractivity contribution < 1.29 is 10.2 Å². The molecule has 0 saturated carbocycles. The number of hydrogen-bond acceptors (Lipinski definition) is 2. The van der Waals surface area contributed by atoms with Crippen LogP contribution in [0.2, 0.25) is 0 Å². The molecule has 0 spiro atoms. The molecule has 1 aromatic heterocycles. The van der Waals surface area contributed by atoms with Crippen LogP contribution in [0.3, 0.4) is 0 Å².